The summed E-state index contributed by atoms with van der Waals surface area (Å²) >= 11 is 0. The van der Waals surface area contributed by atoms with Crippen LogP contribution < -0.4 is 15.8 Å². The van der Waals surface area contributed by atoms with Gasteiger partial charge >= 0.3 is 0 Å². The van der Waals surface area contributed by atoms with E-state index in [1.807, 2.05) is 12.1 Å². The highest BCUT2D eigenvalue weighted by atomic mass is 32.2. The number of nitrogens with one attached hydrogen (secondary N) is 2. The van der Waals surface area contributed by atoms with E-state index < -0.39 is 10.0 Å². The van der Waals surface area contributed by atoms with Crippen LogP contribution in [-0.4, -0.2) is 20.2 Å². The highest BCUT2D eigenvalue weighted by Crippen LogP contribution is 2.30. The lowest BCUT2D eigenvalue weighted by atomic mass is 10.1. The normalized spacial score (nSPS) is 13.8. The molecule has 148 valence electrons. The molecule has 2 aromatic carbocycles. The topological polar surface area (TPSA) is 118 Å². The van der Waals surface area contributed by atoms with Gasteiger partial charge in [0.25, 0.3) is 5.91 Å². The Kier molecular flexibility index (Phi) is 5.53. The molecule has 0 atom stereocenters. The maximum atomic E-state index is 12.5. The highest BCUT2D eigenvalue weighted by molar-refractivity contribution is 7.89. The summed E-state index contributed by atoms with van der Waals surface area (Å²) in [6.45, 7) is 3.66. The lowest BCUT2D eigenvalue weighted by Gasteiger charge is -2.11. The van der Waals surface area contributed by atoms with Crippen LogP contribution in [0.15, 0.2) is 41.3 Å². The number of hydrogen-bond donors (Lipinski definition) is 3. The van der Waals surface area contributed by atoms with Gasteiger partial charge in [-0.3, -0.25) is 9.59 Å². The molecule has 3 rings (SSSR count). The molecule has 1 saturated carbocycles. The van der Waals surface area contributed by atoms with E-state index in [1.165, 1.54) is 6.07 Å². The molecule has 4 N–H and O–H groups in total. The average molecular weight is 401 g/mol. The minimum atomic E-state index is -3.91. The number of sulfonamides is 1. The molecule has 0 saturated heterocycles. The summed E-state index contributed by atoms with van der Waals surface area (Å²) < 4.78 is 23.5. The van der Waals surface area contributed by atoms with E-state index >= 15 is 0 Å². The van der Waals surface area contributed by atoms with Crippen molar-refractivity contribution in [2.75, 3.05) is 5.32 Å². The molecule has 2 amide bonds. The van der Waals surface area contributed by atoms with E-state index in [2.05, 4.69) is 10.6 Å². The van der Waals surface area contributed by atoms with Gasteiger partial charge in [0.05, 0.1) is 4.90 Å². The zero-order valence-electron chi connectivity index (χ0n) is 15.8. The van der Waals surface area contributed by atoms with Gasteiger partial charge < -0.3 is 10.6 Å². The van der Waals surface area contributed by atoms with Crippen molar-refractivity contribution in [3.05, 3.63) is 58.7 Å². The Morgan fingerprint density at radius 2 is 1.75 bits per heavy atom. The van der Waals surface area contributed by atoms with Gasteiger partial charge in [-0.25, -0.2) is 13.6 Å². The fourth-order valence-corrected chi connectivity index (χ4v) is 3.71. The van der Waals surface area contributed by atoms with Crippen LogP contribution in [0.5, 0.6) is 0 Å². The molecule has 0 unspecified atom stereocenters. The van der Waals surface area contributed by atoms with Gasteiger partial charge in [0.1, 0.15) is 0 Å². The molecule has 0 heterocycles. The van der Waals surface area contributed by atoms with Crippen LogP contribution in [0, 0.1) is 19.8 Å². The third-order valence-corrected chi connectivity index (χ3v) is 5.85. The first-order valence-electron chi connectivity index (χ1n) is 8.97. The van der Waals surface area contributed by atoms with Crippen LogP contribution in [-0.2, 0) is 21.4 Å². The van der Waals surface area contributed by atoms with Crippen LogP contribution in [0.25, 0.3) is 0 Å². The van der Waals surface area contributed by atoms with Crippen molar-refractivity contribution in [2.24, 2.45) is 11.1 Å². The molecule has 0 bridgehead atoms. The number of anilines is 1. The summed E-state index contributed by atoms with van der Waals surface area (Å²) in [7, 11) is -3.91. The third kappa shape index (κ3) is 4.76. The first kappa shape index (κ1) is 20.0. The van der Waals surface area contributed by atoms with E-state index in [1.54, 1.807) is 32.0 Å². The monoisotopic (exact) mass is 401 g/mol. The van der Waals surface area contributed by atoms with E-state index in [-0.39, 0.29) is 34.7 Å². The standard InChI is InChI=1S/C20H23N3O4S/c1-12-9-16(10-18(13(12)2)28(21,26)27)19(24)22-11-14-3-7-17(8-4-14)23-20(25)15-5-6-15/h3-4,7-10,15H,5-6,11H2,1-2H3,(H,22,24)(H,23,25)(H2,21,26,27). The molecular formula is C20H23N3O4S. The second-order valence-electron chi connectivity index (χ2n) is 7.10. The van der Waals surface area contributed by atoms with Crippen LogP contribution >= 0.6 is 0 Å². The second-order valence-corrected chi connectivity index (χ2v) is 8.63. The van der Waals surface area contributed by atoms with Gasteiger partial charge in [-0.05, 0) is 67.6 Å². The Balaban J connectivity index is 1.65. The van der Waals surface area contributed by atoms with Crippen molar-refractivity contribution < 1.29 is 18.0 Å². The quantitative estimate of drug-likeness (QED) is 0.688. The maximum absolute atomic E-state index is 12.5. The molecular weight excluding hydrogens is 378 g/mol. The minimum absolute atomic E-state index is 0.0430. The first-order chi connectivity index (χ1) is 13.1. The molecule has 2 aromatic rings. The van der Waals surface area contributed by atoms with Crippen LogP contribution in [0.3, 0.4) is 0 Å². The van der Waals surface area contributed by atoms with Crippen molar-refractivity contribution in [2.45, 2.75) is 38.1 Å². The Bertz CT molecular complexity index is 1030. The lowest BCUT2D eigenvalue weighted by Crippen LogP contribution is -2.24. The third-order valence-electron chi connectivity index (χ3n) is 4.81. The summed E-state index contributed by atoms with van der Waals surface area (Å²) in [5, 5.41) is 10.9. The maximum Gasteiger partial charge on any atom is 0.251 e. The zero-order valence-corrected chi connectivity index (χ0v) is 16.6. The fraction of sp³-hybridized carbons (Fsp3) is 0.300. The molecule has 28 heavy (non-hydrogen) atoms. The molecule has 8 heteroatoms. The summed E-state index contributed by atoms with van der Waals surface area (Å²) in [6.07, 6.45) is 1.89. The number of benzene rings is 2. The van der Waals surface area contributed by atoms with Gasteiger partial charge in [-0.1, -0.05) is 12.1 Å². The van der Waals surface area contributed by atoms with Gasteiger partial charge in [-0.2, -0.15) is 0 Å². The van der Waals surface area contributed by atoms with E-state index in [0.29, 0.717) is 11.1 Å². The van der Waals surface area contributed by atoms with Crippen LogP contribution in [0.2, 0.25) is 0 Å². The van der Waals surface area contributed by atoms with Gasteiger partial charge in [0.2, 0.25) is 15.9 Å². The lowest BCUT2D eigenvalue weighted by molar-refractivity contribution is -0.117. The SMILES string of the molecule is Cc1cc(C(=O)NCc2ccc(NC(=O)C3CC3)cc2)cc(S(N)(=O)=O)c1C. The number of primary sulfonamides is 1. The van der Waals surface area contributed by atoms with Crippen molar-refractivity contribution in [1.29, 1.82) is 0 Å². The van der Waals surface area contributed by atoms with E-state index in [4.69, 9.17) is 5.14 Å². The number of carbonyl (C=O) groups is 2. The summed E-state index contributed by atoms with van der Waals surface area (Å²) in [6, 6.07) is 10.1. The van der Waals surface area contributed by atoms with Gasteiger partial charge in [-0.15, -0.1) is 0 Å². The Labute approximate surface area is 164 Å². The predicted molar refractivity (Wildman–Crippen MR) is 106 cm³/mol. The molecule has 0 aromatic heterocycles. The van der Waals surface area contributed by atoms with Crippen molar-refractivity contribution in [3.8, 4) is 0 Å². The molecule has 0 radical (unpaired) electrons. The predicted octanol–water partition coefficient (Wildman–Crippen LogP) is 2.23. The van der Waals surface area contributed by atoms with Crippen molar-refractivity contribution in [1.82, 2.24) is 5.32 Å². The number of carbonyl (C=O) groups excluding carboxylic acids is 2. The molecule has 1 aliphatic rings. The van der Waals surface area contributed by atoms with E-state index in [0.717, 1.165) is 24.1 Å². The molecule has 1 fully saturated rings. The molecule has 0 spiro atoms. The second kappa shape index (κ2) is 7.73. The van der Waals surface area contributed by atoms with Crippen LogP contribution in [0.1, 0.15) is 39.9 Å². The average Bonchev–Trinajstić information content (AvgIpc) is 3.47. The van der Waals surface area contributed by atoms with Crippen molar-refractivity contribution >= 4 is 27.5 Å². The number of hydrogen-bond acceptors (Lipinski definition) is 4. The zero-order chi connectivity index (χ0) is 20.5. The molecule has 0 aliphatic heterocycles. The molecule has 7 nitrogen and oxygen atoms in total. The summed E-state index contributed by atoms with van der Waals surface area (Å²) in [5.74, 6) is -0.209. The Morgan fingerprint density at radius 1 is 1.11 bits per heavy atom. The number of amides is 2. The smallest absolute Gasteiger partial charge is 0.251 e. The fourth-order valence-electron chi connectivity index (χ4n) is 2.83. The Hall–Kier alpha value is -2.71. The van der Waals surface area contributed by atoms with Gasteiger partial charge in [0, 0.05) is 23.7 Å². The minimum Gasteiger partial charge on any atom is -0.348 e. The first-order valence-corrected chi connectivity index (χ1v) is 10.5. The largest absolute Gasteiger partial charge is 0.348 e. The number of aryl methyl sites for hydroxylation is 1. The van der Waals surface area contributed by atoms with Gasteiger partial charge in [0.15, 0.2) is 0 Å². The van der Waals surface area contributed by atoms with Crippen LogP contribution in [0.4, 0.5) is 5.69 Å². The number of nitrogens with two attached hydrogens (primary N) is 1. The number of rotatable bonds is 6. The highest BCUT2D eigenvalue weighted by Gasteiger charge is 2.29. The Morgan fingerprint density at radius 3 is 2.32 bits per heavy atom. The van der Waals surface area contributed by atoms with E-state index in [9.17, 15) is 18.0 Å². The molecule has 1 aliphatic carbocycles. The summed E-state index contributed by atoms with van der Waals surface area (Å²) in [5.41, 5.74) is 3.02. The van der Waals surface area contributed by atoms with Crippen molar-refractivity contribution in [3.63, 3.8) is 0 Å². The summed E-state index contributed by atoms with van der Waals surface area (Å²) in [4.78, 5) is 24.2.